The first-order chi connectivity index (χ1) is 11.1. The number of allylic oxidation sites excluding steroid dienone is 2. The van der Waals surface area contributed by atoms with E-state index in [1.54, 1.807) is 25.2 Å². The third-order valence-corrected chi connectivity index (χ3v) is 3.27. The van der Waals surface area contributed by atoms with Crippen LogP contribution in [0, 0.1) is 13.5 Å². The van der Waals surface area contributed by atoms with Gasteiger partial charge in [-0.1, -0.05) is 39.3 Å². The molecule has 0 fully saturated rings. The Morgan fingerprint density at radius 2 is 2.00 bits per heavy atom. The van der Waals surface area contributed by atoms with Crippen molar-refractivity contribution >= 4 is 18.2 Å². The summed E-state index contributed by atoms with van der Waals surface area (Å²) in [5.41, 5.74) is 1.41. The summed E-state index contributed by atoms with van der Waals surface area (Å²) in [7, 11) is 0. The number of hydrogen-bond donors (Lipinski definition) is 1. The monoisotopic (exact) mass is 373 g/mol. The zero-order chi connectivity index (χ0) is 17.8. The van der Waals surface area contributed by atoms with Gasteiger partial charge in [-0.2, -0.15) is 5.57 Å². The Hall–Kier alpha value is -0.534. The molecular weight excluding hydrogens is 343 g/mol. The van der Waals surface area contributed by atoms with E-state index in [2.05, 4.69) is 11.4 Å². The molecule has 3 amide bonds. The van der Waals surface area contributed by atoms with Crippen LogP contribution in [0.4, 0.5) is 0 Å². The Kier molecular flexibility index (Phi) is 19.8. The summed E-state index contributed by atoms with van der Waals surface area (Å²) in [6.07, 6.45) is 9.81. The molecule has 0 aromatic rings. The average molecular weight is 374 g/mol. The Bertz CT molecular complexity index is 511. The molecule has 0 saturated carbocycles. The van der Waals surface area contributed by atoms with Crippen LogP contribution >= 0.6 is 0 Å². The van der Waals surface area contributed by atoms with Gasteiger partial charge in [0.2, 0.25) is 18.2 Å². The van der Waals surface area contributed by atoms with Crippen molar-refractivity contribution in [1.29, 1.82) is 0 Å². The molecule has 5 nitrogen and oxygen atoms in total. The van der Waals surface area contributed by atoms with E-state index in [1.165, 1.54) is 4.90 Å². The van der Waals surface area contributed by atoms with Crippen LogP contribution in [-0.4, -0.2) is 35.7 Å². The molecule has 0 aromatic heterocycles. The van der Waals surface area contributed by atoms with Crippen molar-refractivity contribution in [1.82, 2.24) is 10.2 Å². The maximum Gasteiger partial charge on any atom is 1.00 e. The average Bonchev–Trinajstić information content (AvgIpc) is 2.85. The predicted molar refractivity (Wildman–Crippen MR) is 97.7 cm³/mol. The maximum atomic E-state index is 12.5. The molecule has 0 bridgehead atoms. The van der Waals surface area contributed by atoms with Gasteiger partial charge in [0.25, 0.3) is 0 Å². The fourth-order valence-electron chi connectivity index (χ4n) is 2.38. The minimum atomic E-state index is -0.629. The second-order valence-electron chi connectivity index (χ2n) is 4.74. The fraction of sp³-hybridized carbons (Fsp3) is 0.474. The van der Waals surface area contributed by atoms with Gasteiger partial charge < -0.3 is 12.3 Å². The largest absolute Gasteiger partial charge is 1.00 e. The van der Waals surface area contributed by atoms with Gasteiger partial charge >= 0.3 is 51.4 Å². The smallest absolute Gasteiger partial charge is 0.358 e. The Labute approximate surface area is 195 Å². The van der Waals surface area contributed by atoms with E-state index in [9.17, 15) is 14.4 Å². The number of carbonyl (C=O) groups is 3. The van der Waals surface area contributed by atoms with Gasteiger partial charge in [0.15, 0.2) is 0 Å². The van der Waals surface area contributed by atoms with Crippen molar-refractivity contribution < 1.29 is 65.8 Å². The third kappa shape index (κ3) is 8.60. The van der Waals surface area contributed by atoms with Crippen LogP contribution in [0.2, 0.25) is 0 Å². The zero-order valence-electron chi connectivity index (χ0n) is 16.7. The third-order valence-electron chi connectivity index (χ3n) is 3.27. The quantitative estimate of drug-likeness (QED) is 0.388. The van der Waals surface area contributed by atoms with E-state index in [-0.39, 0.29) is 64.7 Å². The van der Waals surface area contributed by atoms with E-state index >= 15 is 0 Å². The minimum Gasteiger partial charge on any atom is -0.358 e. The van der Waals surface area contributed by atoms with Crippen LogP contribution in [0.1, 0.15) is 47.5 Å². The van der Waals surface area contributed by atoms with Gasteiger partial charge in [-0.05, 0) is 25.5 Å². The molecule has 1 aliphatic heterocycles. The van der Waals surface area contributed by atoms with Crippen molar-refractivity contribution in [3.63, 3.8) is 0 Å². The van der Waals surface area contributed by atoms with E-state index < -0.39 is 11.9 Å². The van der Waals surface area contributed by atoms with Gasteiger partial charge in [-0.3, -0.25) is 25.8 Å². The standard InChI is InChI=1S/C16H21N2O3.C2H6.CH3.K/c1-4-7-12-10-18(16(21)13(12)8-5-2)14(9-6-3)15(20)17-11-19;1-2;;/h5,7-8,11,14H,6,9-10H2,1-3H3,(H,17,19,20);1-2H3;1H3;/q-1;;-1;+1/b8-5-;;;. The number of amides is 3. The van der Waals surface area contributed by atoms with Crippen LogP contribution in [-0.2, 0) is 14.4 Å². The molecule has 0 aromatic carbocycles. The molecule has 6 heteroatoms. The zero-order valence-corrected chi connectivity index (χ0v) is 19.8. The molecule has 0 radical (unpaired) electrons. The summed E-state index contributed by atoms with van der Waals surface area (Å²) in [6.45, 7) is 9.89. The van der Waals surface area contributed by atoms with Gasteiger partial charge in [0.05, 0.1) is 0 Å². The van der Waals surface area contributed by atoms with Crippen molar-refractivity contribution in [2.24, 2.45) is 0 Å². The predicted octanol–water partition coefficient (Wildman–Crippen LogP) is 0.00238. The molecule has 1 unspecified atom stereocenters. The molecular formula is C19H30KN2O3-. The second-order valence-corrected chi connectivity index (χ2v) is 4.74. The van der Waals surface area contributed by atoms with E-state index in [4.69, 9.17) is 0 Å². The van der Waals surface area contributed by atoms with E-state index in [0.717, 1.165) is 12.0 Å². The van der Waals surface area contributed by atoms with Crippen LogP contribution in [0.25, 0.3) is 0 Å². The summed E-state index contributed by atoms with van der Waals surface area (Å²) in [6, 6.07) is -0.629. The van der Waals surface area contributed by atoms with Gasteiger partial charge in [0, 0.05) is 0 Å². The summed E-state index contributed by atoms with van der Waals surface area (Å²) < 4.78 is 0. The molecule has 1 atom stereocenters. The Morgan fingerprint density at radius 3 is 2.44 bits per heavy atom. The molecule has 136 valence electrons. The van der Waals surface area contributed by atoms with E-state index in [1.807, 2.05) is 27.7 Å². The number of nitrogens with one attached hydrogen (secondary N) is 1. The van der Waals surface area contributed by atoms with Gasteiger partial charge in [-0.15, -0.1) is 6.92 Å². The molecule has 1 N–H and O–H groups in total. The first-order valence-corrected chi connectivity index (χ1v) is 8.01. The van der Waals surface area contributed by atoms with Crippen LogP contribution in [0.3, 0.4) is 0 Å². The van der Waals surface area contributed by atoms with Crippen LogP contribution < -0.4 is 56.7 Å². The van der Waals surface area contributed by atoms with Crippen LogP contribution in [0.15, 0.2) is 29.4 Å². The van der Waals surface area contributed by atoms with Crippen molar-refractivity contribution in [2.75, 3.05) is 6.54 Å². The molecule has 25 heavy (non-hydrogen) atoms. The number of hydrogen-bond acceptors (Lipinski definition) is 3. The summed E-state index contributed by atoms with van der Waals surface area (Å²) in [5, 5.41) is 2.15. The second kappa shape index (κ2) is 16.9. The van der Waals surface area contributed by atoms with Gasteiger partial charge in [0.1, 0.15) is 6.04 Å². The first-order valence-electron chi connectivity index (χ1n) is 8.01. The number of nitrogens with zero attached hydrogens (tertiary/aromatic N) is 1. The molecule has 1 rings (SSSR count). The maximum absolute atomic E-state index is 12.5. The molecule has 0 saturated heterocycles. The summed E-state index contributed by atoms with van der Waals surface area (Å²) in [5.74, 6) is -0.625. The normalized spacial score (nSPS) is 14.6. The topological polar surface area (TPSA) is 66.5 Å². The van der Waals surface area contributed by atoms with E-state index in [0.29, 0.717) is 24.9 Å². The number of rotatable bonds is 7. The molecule has 0 aliphatic carbocycles. The molecule has 1 aliphatic rings. The number of carbonyl (C=O) groups excluding carboxylic acids is 3. The first kappa shape index (κ1) is 29.2. The summed E-state index contributed by atoms with van der Waals surface area (Å²) >= 11 is 0. The van der Waals surface area contributed by atoms with Crippen molar-refractivity contribution in [2.45, 2.75) is 53.5 Å². The molecule has 1 heterocycles. The summed E-state index contributed by atoms with van der Waals surface area (Å²) in [4.78, 5) is 36.5. The Balaban J connectivity index is -0.00000116. The van der Waals surface area contributed by atoms with Crippen molar-refractivity contribution in [3.05, 3.63) is 42.9 Å². The molecule has 0 spiro atoms. The minimum absolute atomic E-state index is 0. The van der Waals surface area contributed by atoms with Gasteiger partial charge in [-0.25, -0.2) is 6.08 Å². The van der Waals surface area contributed by atoms with Crippen molar-refractivity contribution in [3.8, 4) is 0 Å². The number of imide groups is 1. The van der Waals surface area contributed by atoms with Crippen LogP contribution in [0.5, 0.6) is 0 Å². The SMILES string of the molecule is CC.C[C-]=CC1=C(/C=C\C)C(=O)N(C(CCC)C(=O)NC=O)C1.[CH3-].[K+]. The Morgan fingerprint density at radius 1 is 1.40 bits per heavy atom. The fourth-order valence-corrected chi connectivity index (χ4v) is 2.38.